The van der Waals surface area contributed by atoms with Gasteiger partial charge in [-0.25, -0.2) is 4.98 Å². The molecule has 1 heterocycles. The van der Waals surface area contributed by atoms with Gasteiger partial charge in [0.2, 0.25) is 0 Å². The van der Waals surface area contributed by atoms with Gasteiger partial charge < -0.3 is 20.4 Å². The molecule has 0 amide bonds. The van der Waals surface area contributed by atoms with E-state index in [4.69, 9.17) is 15.4 Å². The summed E-state index contributed by atoms with van der Waals surface area (Å²) in [6.07, 6.45) is 4.29. The minimum absolute atomic E-state index is 0.220. The van der Waals surface area contributed by atoms with Crippen LogP contribution in [0.3, 0.4) is 0 Å². The Balaban J connectivity index is 0.00000106. The van der Waals surface area contributed by atoms with Crippen molar-refractivity contribution in [3.63, 3.8) is 0 Å². The van der Waals surface area contributed by atoms with Crippen molar-refractivity contribution in [3.8, 4) is 0 Å². The number of aryl methyl sites for hydroxylation is 1. The number of aliphatic hydroxyl groups excluding tert-OH is 2. The number of aliphatic hydroxyl groups is 2. The molecule has 92 valence electrons. The second-order valence-electron chi connectivity index (χ2n) is 3.12. The van der Waals surface area contributed by atoms with Crippen LogP contribution < -0.4 is 0 Å². The van der Waals surface area contributed by atoms with E-state index in [1.807, 2.05) is 0 Å². The molecule has 6 heteroatoms. The predicted octanol–water partition coefficient (Wildman–Crippen LogP) is 0.531. The van der Waals surface area contributed by atoms with Crippen molar-refractivity contribution in [2.45, 2.75) is 26.2 Å². The van der Waals surface area contributed by atoms with Gasteiger partial charge in [-0.15, -0.1) is 0 Å². The molecule has 0 aliphatic rings. The summed E-state index contributed by atoms with van der Waals surface area (Å²) in [5.74, 6) is 0.589. The van der Waals surface area contributed by atoms with Gasteiger partial charge in [0.25, 0.3) is 0 Å². The Bertz CT molecular complexity index is 310. The molecule has 1 aromatic heterocycles. The zero-order valence-corrected chi connectivity index (χ0v) is 9.64. The van der Waals surface area contributed by atoms with Crippen molar-refractivity contribution < 1.29 is 15.4 Å². The maximum Gasteiger partial charge on any atom is 0.155 e. The molecule has 0 saturated heterocycles. The highest BCUT2D eigenvalue weighted by atomic mass is 16.4. The zero-order valence-electron chi connectivity index (χ0n) is 9.64. The van der Waals surface area contributed by atoms with Gasteiger partial charge in [-0.05, 0) is 26.2 Å². The van der Waals surface area contributed by atoms with E-state index in [0.717, 1.165) is 32.1 Å². The molecule has 16 heavy (non-hydrogen) atoms. The number of imidazole rings is 1. The molecule has 0 unspecified atom stereocenters. The molecule has 0 bridgehead atoms. The van der Waals surface area contributed by atoms with E-state index in [2.05, 4.69) is 15.1 Å². The van der Waals surface area contributed by atoms with E-state index in [9.17, 15) is 0 Å². The number of rotatable bonds is 5. The van der Waals surface area contributed by atoms with Crippen LogP contribution in [0.1, 0.15) is 31.3 Å². The quantitative estimate of drug-likeness (QED) is 0.256. The standard InChI is InChI=1S/C9H15N3O2.CH4O/c1-7(12-14)9-10-6-8(11-9)4-2-3-5-13;1-2/h6,13-14H,2-5H2,1H3,(H,10,11);2H,1H3/b12-7+;. The lowest BCUT2D eigenvalue weighted by atomic mass is 10.2. The van der Waals surface area contributed by atoms with Crippen LogP contribution in [-0.4, -0.2) is 44.8 Å². The third kappa shape index (κ3) is 4.90. The minimum Gasteiger partial charge on any atom is -0.411 e. The largest absolute Gasteiger partial charge is 0.411 e. The van der Waals surface area contributed by atoms with Crippen LogP contribution in [0.4, 0.5) is 0 Å². The summed E-state index contributed by atoms with van der Waals surface area (Å²) in [4.78, 5) is 7.10. The number of aromatic nitrogens is 2. The van der Waals surface area contributed by atoms with Crippen molar-refractivity contribution in [1.29, 1.82) is 0 Å². The average molecular weight is 229 g/mol. The van der Waals surface area contributed by atoms with Crippen LogP contribution in [0.2, 0.25) is 0 Å². The molecular weight excluding hydrogens is 210 g/mol. The number of oxime groups is 1. The van der Waals surface area contributed by atoms with Gasteiger partial charge in [-0.2, -0.15) is 0 Å². The van der Waals surface area contributed by atoms with Crippen LogP contribution >= 0.6 is 0 Å². The number of nitrogens with zero attached hydrogens (tertiary/aromatic N) is 2. The van der Waals surface area contributed by atoms with Crippen LogP contribution in [0.25, 0.3) is 0 Å². The van der Waals surface area contributed by atoms with Crippen molar-refractivity contribution in [1.82, 2.24) is 9.97 Å². The van der Waals surface area contributed by atoms with Crippen molar-refractivity contribution >= 4 is 5.71 Å². The lowest BCUT2D eigenvalue weighted by Gasteiger charge is -1.95. The number of hydrogen-bond acceptors (Lipinski definition) is 5. The Hall–Kier alpha value is -1.40. The summed E-state index contributed by atoms with van der Waals surface area (Å²) in [6, 6.07) is 0. The van der Waals surface area contributed by atoms with Gasteiger partial charge in [-0.1, -0.05) is 5.16 Å². The summed E-state index contributed by atoms with van der Waals surface area (Å²) >= 11 is 0. The fraction of sp³-hybridized carbons (Fsp3) is 0.600. The third-order valence-corrected chi connectivity index (χ3v) is 1.98. The summed E-state index contributed by atoms with van der Waals surface area (Å²) < 4.78 is 0. The number of H-pyrrole nitrogens is 1. The average Bonchev–Trinajstić information content (AvgIpc) is 2.80. The van der Waals surface area contributed by atoms with Gasteiger partial charge in [0.15, 0.2) is 5.82 Å². The van der Waals surface area contributed by atoms with Crippen molar-refractivity contribution in [2.75, 3.05) is 13.7 Å². The highest BCUT2D eigenvalue weighted by molar-refractivity contribution is 5.94. The number of hydrogen-bond donors (Lipinski definition) is 4. The lowest BCUT2D eigenvalue weighted by molar-refractivity contribution is 0.284. The van der Waals surface area contributed by atoms with Gasteiger partial charge in [-0.3, -0.25) is 0 Å². The Morgan fingerprint density at radius 2 is 2.12 bits per heavy atom. The first-order valence-electron chi connectivity index (χ1n) is 5.06. The van der Waals surface area contributed by atoms with Gasteiger partial charge in [0.05, 0.1) is 0 Å². The Morgan fingerprint density at radius 3 is 2.69 bits per heavy atom. The molecule has 1 aromatic rings. The van der Waals surface area contributed by atoms with Gasteiger partial charge in [0, 0.05) is 25.6 Å². The highest BCUT2D eigenvalue weighted by Gasteiger charge is 2.03. The van der Waals surface area contributed by atoms with Crippen LogP contribution in [-0.2, 0) is 6.42 Å². The fourth-order valence-electron chi connectivity index (χ4n) is 1.14. The summed E-state index contributed by atoms with van der Waals surface area (Å²) in [5.41, 5.74) is 1.47. The molecule has 0 spiro atoms. The predicted molar refractivity (Wildman–Crippen MR) is 60.8 cm³/mol. The molecule has 0 aromatic carbocycles. The minimum atomic E-state index is 0.220. The lowest BCUT2D eigenvalue weighted by Crippen LogP contribution is -1.97. The molecule has 0 fully saturated rings. The molecule has 0 aliphatic heterocycles. The van der Waals surface area contributed by atoms with E-state index in [0.29, 0.717) is 11.5 Å². The summed E-state index contributed by atoms with van der Waals surface area (Å²) in [6.45, 7) is 1.90. The van der Waals surface area contributed by atoms with E-state index in [-0.39, 0.29) is 6.61 Å². The molecule has 0 saturated carbocycles. The van der Waals surface area contributed by atoms with E-state index in [1.165, 1.54) is 0 Å². The summed E-state index contributed by atoms with van der Waals surface area (Å²) in [7, 11) is 1.00. The second-order valence-corrected chi connectivity index (χ2v) is 3.12. The number of nitrogens with one attached hydrogen (secondary N) is 1. The van der Waals surface area contributed by atoms with Crippen LogP contribution in [0.15, 0.2) is 11.4 Å². The first kappa shape index (κ1) is 14.6. The van der Waals surface area contributed by atoms with Crippen molar-refractivity contribution in [2.24, 2.45) is 5.16 Å². The molecule has 1 rings (SSSR count). The topological polar surface area (TPSA) is 102 Å². The highest BCUT2D eigenvalue weighted by Crippen LogP contribution is 2.03. The maximum atomic E-state index is 8.60. The van der Waals surface area contributed by atoms with E-state index >= 15 is 0 Å². The monoisotopic (exact) mass is 229 g/mol. The Morgan fingerprint density at radius 1 is 1.44 bits per heavy atom. The number of unbranched alkanes of at least 4 members (excludes halogenated alkanes) is 1. The smallest absolute Gasteiger partial charge is 0.155 e. The number of aromatic amines is 1. The van der Waals surface area contributed by atoms with E-state index < -0.39 is 0 Å². The van der Waals surface area contributed by atoms with Crippen LogP contribution in [0, 0.1) is 0 Å². The fourth-order valence-corrected chi connectivity index (χ4v) is 1.14. The third-order valence-electron chi connectivity index (χ3n) is 1.98. The first-order valence-corrected chi connectivity index (χ1v) is 5.06. The van der Waals surface area contributed by atoms with Crippen molar-refractivity contribution in [3.05, 3.63) is 17.7 Å². The SMILES string of the molecule is C/C(=N\O)c1ncc(CCCCO)[nH]1.CO. The molecular formula is C10H19N3O3. The normalized spacial score (nSPS) is 10.9. The molecule has 0 atom stereocenters. The molecule has 0 aliphatic carbocycles. The Labute approximate surface area is 94.7 Å². The molecule has 4 N–H and O–H groups in total. The van der Waals surface area contributed by atoms with E-state index in [1.54, 1.807) is 13.1 Å². The molecule has 0 radical (unpaired) electrons. The second kappa shape index (κ2) is 8.87. The zero-order chi connectivity index (χ0) is 12.4. The van der Waals surface area contributed by atoms with Crippen LogP contribution in [0.5, 0.6) is 0 Å². The van der Waals surface area contributed by atoms with Gasteiger partial charge in [0.1, 0.15) is 5.71 Å². The summed E-state index contributed by atoms with van der Waals surface area (Å²) in [5, 5.41) is 27.2. The molecule has 6 nitrogen and oxygen atoms in total. The Kier molecular flexibility index (Phi) is 8.10. The maximum absolute atomic E-state index is 8.60. The first-order chi connectivity index (χ1) is 7.77. The van der Waals surface area contributed by atoms with Gasteiger partial charge >= 0.3 is 0 Å².